The summed E-state index contributed by atoms with van der Waals surface area (Å²) in [6, 6.07) is 8.45. The van der Waals surface area contributed by atoms with Crippen molar-refractivity contribution in [3.05, 3.63) is 35.4 Å². The average Bonchev–Trinajstić information content (AvgIpc) is 2.86. The van der Waals surface area contributed by atoms with E-state index in [-0.39, 0.29) is 29.8 Å². The average molecular weight is 344 g/mol. The molecule has 0 aromatic heterocycles. The van der Waals surface area contributed by atoms with Gasteiger partial charge in [-0.3, -0.25) is 4.79 Å². The first-order valence-corrected chi connectivity index (χ1v) is 9.38. The Morgan fingerprint density at radius 3 is 2.64 bits per heavy atom. The summed E-state index contributed by atoms with van der Waals surface area (Å²) in [4.78, 5) is 12.3. The molecule has 1 spiro atoms. The van der Waals surface area contributed by atoms with Crippen molar-refractivity contribution >= 4 is 5.97 Å². The molecule has 1 aromatic carbocycles. The van der Waals surface area contributed by atoms with E-state index in [9.17, 15) is 9.90 Å². The Balaban J connectivity index is 1.56. The van der Waals surface area contributed by atoms with Gasteiger partial charge in [-0.2, -0.15) is 0 Å². The van der Waals surface area contributed by atoms with Crippen LogP contribution in [-0.2, 0) is 26.5 Å². The van der Waals surface area contributed by atoms with Crippen molar-refractivity contribution in [3.8, 4) is 0 Å². The second kappa shape index (κ2) is 5.55. The van der Waals surface area contributed by atoms with Crippen LogP contribution in [0.25, 0.3) is 0 Å². The summed E-state index contributed by atoms with van der Waals surface area (Å²) in [5.74, 6) is 0.0362. The maximum Gasteiger partial charge on any atom is 0.309 e. The number of carbonyl (C=O) groups is 1. The van der Waals surface area contributed by atoms with E-state index in [1.54, 1.807) is 0 Å². The van der Waals surface area contributed by atoms with Crippen LogP contribution in [0.5, 0.6) is 0 Å². The van der Waals surface area contributed by atoms with Crippen LogP contribution < -0.4 is 0 Å². The van der Waals surface area contributed by atoms with Crippen molar-refractivity contribution in [3.63, 3.8) is 0 Å². The third-order valence-electron chi connectivity index (χ3n) is 6.26. The zero-order valence-electron chi connectivity index (χ0n) is 15.4. The topological polar surface area (TPSA) is 55.8 Å². The zero-order valence-corrected chi connectivity index (χ0v) is 15.4. The van der Waals surface area contributed by atoms with Crippen molar-refractivity contribution in [2.24, 2.45) is 11.8 Å². The SMILES string of the molecule is CC(C)(C)OC(=O)C[C@]1(O)C[C@H]2CC[C@@H]1C[C@@]21OCc2ccccc21. The zero-order chi connectivity index (χ0) is 17.9. The van der Waals surface area contributed by atoms with Gasteiger partial charge in [-0.05, 0) is 69.4 Å². The Morgan fingerprint density at radius 1 is 1.24 bits per heavy atom. The molecule has 1 aromatic rings. The molecule has 0 unspecified atom stereocenters. The van der Waals surface area contributed by atoms with Crippen LogP contribution >= 0.6 is 0 Å². The Hall–Kier alpha value is -1.39. The first-order valence-electron chi connectivity index (χ1n) is 9.38. The first-order chi connectivity index (χ1) is 11.7. The third-order valence-corrected chi connectivity index (χ3v) is 6.26. The van der Waals surface area contributed by atoms with Crippen LogP contribution in [0, 0.1) is 11.8 Å². The fraction of sp³-hybridized carbons (Fsp3) is 0.667. The van der Waals surface area contributed by atoms with E-state index in [0.717, 1.165) is 19.3 Å². The number of aliphatic hydroxyl groups is 1. The Morgan fingerprint density at radius 2 is 1.96 bits per heavy atom. The highest BCUT2D eigenvalue weighted by Crippen LogP contribution is 2.61. The molecule has 4 heteroatoms. The molecule has 3 saturated carbocycles. The van der Waals surface area contributed by atoms with Gasteiger partial charge in [-0.15, -0.1) is 0 Å². The molecule has 1 heterocycles. The molecule has 136 valence electrons. The predicted octanol–water partition coefficient (Wildman–Crippen LogP) is 3.70. The lowest BCUT2D eigenvalue weighted by atomic mass is 9.53. The Labute approximate surface area is 149 Å². The summed E-state index contributed by atoms with van der Waals surface area (Å²) in [6.07, 6.45) is 3.51. The van der Waals surface area contributed by atoms with E-state index in [4.69, 9.17) is 9.47 Å². The smallest absolute Gasteiger partial charge is 0.309 e. The van der Waals surface area contributed by atoms with E-state index < -0.39 is 11.2 Å². The summed E-state index contributed by atoms with van der Waals surface area (Å²) in [5, 5.41) is 11.3. The molecule has 0 saturated heterocycles. The number of carbonyl (C=O) groups excluding carboxylic acids is 1. The number of fused-ring (bicyclic) bond motifs is 3. The minimum absolute atomic E-state index is 0.0798. The largest absolute Gasteiger partial charge is 0.460 e. The van der Waals surface area contributed by atoms with Gasteiger partial charge in [0.25, 0.3) is 0 Å². The minimum atomic E-state index is -0.961. The minimum Gasteiger partial charge on any atom is -0.460 e. The predicted molar refractivity (Wildman–Crippen MR) is 93.8 cm³/mol. The fourth-order valence-corrected chi connectivity index (χ4v) is 5.28. The summed E-state index contributed by atoms with van der Waals surface area (Å²) in [5.41, 5.74) is 0.821. The monoisotopic (exact) mass is 344 g/mol. The summed E-state index contributed by atoms with van der Waals surface area (Å²) >= 11 is 0. The molecule has 4 nitrogen and oxygen atoms in total. The fourth-order valence-electron chi connectivity index (χ4n) is 5.28. The lowest BCUT2D eigenvalue weighted by molar-refractivity contribution is -0.216. The lowest BCUT2D eigenvalue weighted by Gasteiger charge is -2.56. The number of rotatable bonds is 2. The molecule has 0 amide bonds. The van der Waals surface area contributed by atoms with Crippen LogP contribution in [0.15, 0.2) is 24.3 Å². The molecule has 3 aliphatic carbocycles. The molecule has 2 bridgehead atoms. The standard InChI is InChI=1S/C21H28O4/c1-19(2,3)25-18(22)12-20(23)10-16-9-8-15(20)11-21(16)17-7-5-4-6-14(17)13-24-21/h4-7,15-16,23H,8-13H2,1-3H3/t15-,16-,20-,21-/m1/s1. The van der Waals surface area contributed by atoms with E-state index in [1.807, 2.05) is 20.8 Å². The van der Waals surface area contributed by atoms with Gasteiger partial charge in [0.05, 0.1) is 24.2 Å². The molecule has 5 rings (SSSR count). The van der Waals surface area contributed by atoms with Crippen molar-refractivity contribution in [1.82, 2.24) is 0 Å². The molecular weight excluding hydrogens is 316 g/mol. The Bertz CT molecular complexity index is 691. The third kappa shape index (κ3) is 2.80. The first kappa shape index (κ1) is 17.0. The van der Waals surface area contributed by atoms with Gasteiger partial charge in [0.2, 0.25) is 0 Å². The molecule has 4 aliphatic rings. The van der Waals surface area contributed by atoms with Gasteiger partial charge in [-0.25, -0.2) is 0 Å². The molecular formula is C21H28O4. The van der Waals surface area contributed by atoms with Gasteiger partial charge >= 0.3 is 5.97 Å². The van der Waals surface area contributed by atoms with Gasteiger partial charge in [0.15, 0.2) is 0 Å². The Kier molecular flexibility index (Phi) is 3.79. The van der Waals surface area contributed by atoms with Gasteiger partial charge < -0.3 is 14.6 Å². The number of hydrogen-bond acceptors (Lipinski definition) is 4. The van der Waals surface area contributed by atoms with Crippen LogP contribution in [0.3, 0.4) is 0 Å². The lowest BCUT2D eigenvalue weighted by Crippen LogP contribution is -2.58. The second-order valence-corrected chi connectivity index (χ2v) is 9.08. The maximum absolute atomic E-state index is 12.3. The van der Waals surface area contributed by atoms with E-state index in [0.29, 0.717) is 13.0 Å². The van der Waals surface area contributed by atoms with Crippen molar-refractivity contribution < 1.29 is 19.4 Å². The maximum atomic E-state index is 12.3. The van der Waals surface area contributed by atoms with Gasteiger partial charge in [0, 0.05) is 0 Å². The molecule has 0 radical (unpaired) electrons. The van der Waals surface area contributed by atoms with Gasteiger partial charge in [0.1, 0.15) is 5.60 Å². The van der Waals surface area contributed by atoms with E-state index in [2.05, 4.69) is 24.3 Å². The molecule has 1 N–H and O–H groups in total. The summed E-state index contributed by atoms with van der Waals surface area (Å²) in [7, 11) is 0. The summed E-state index contributed by atoms with van der Waals surface area (Å²) < 4.78 is 11.8. The second-order valence-electron chi connectivity index (χ2n) is 9.08. The highest BCUT2D eigenvalue weighted by molar-refractivity contribution is 5.71. The summed E-state index contributed by atoms with van der Waals surface area (Å²) in [6.45, 7) is 6.24. The van der Waals surface area contributed by atoms with E-state index >= 15 is 0 Å². The number of ether oxygens (including phenoxy) is 2. The molecule has 3 fully saturated rings. The van der Waals surface area contributed by atoms with Crippen LogP contribution in [0.4, 0.5) is 0 Å². The molecule has 25 heavy (non-hydrogen) atoms. The van der Waals surface area contributed by atoms with Crippen molar-refractivity contribution in [2.45, 2.75) is 76.3 Å². The normalized spacial score (nSPS) is 36.5. The van der Waals surface area contributed by atoms with Crippen LogP contribution in [0.1, 0.15) is 64.0 Å². The highest BCUT2D eigenvalue weighted by atomic mass is 16.6. The van der Waals surface area contributed by atoms with E-state index in [1.165, 1.54) is 11.1 Å². The number of esters is 1. The highest BCUT2D eigenvalue weighted by Gasteiger charge is 2.60. The number of hydrogen-bond donors (Lipinski definition) is 1. The number of benzene rings is 1. The van der Waals surface area contributed by atoms with Crippen LogP contribution in [-0.4, -0.2) is 22.3 Å². The van der Waals surface area contributed by atoms with Crippen molar-refractivity contribution in [2.75, 3.05) is 0 Å². The molecule has 4 atom stereocenters. The van der Waals surface area contributed by atoms with Crippen molar-refractivity contribution in [1.29, 1.82) is 0 Å². The quantitative estimate of drug-likeness (QED) is 0.831. The van der Waals surface area contributed by atoms with Gasteiger partial charge in [-0.1, -0.05) is 24.3 Å². The van der Waals surface area contributed by atoms with Crippen LogP contribution in [0.2, 0.25) is 0 Å². The molecule has 1 aliphatic heterocycles.